The number of hydrogen-bond donors (Lipinski definition) is 1. The summed E-state index contributed by atoms with van der Waals surface area (Å²) in [5.74, 6) is 0.740. The second-order valence-electron chi connectivity index (χ2n) is 5.60. The van der Waals surface area contributed by atoms with Gasteiger partial charge >= 0.3 is 0 Å². The molecule has 4 nitrogen and oxygen atoms in total. The number of fused-ring (bicyclic) bond motifs is 1. The Morgan fingerprint density at radius 3 is 2.87 bits per heavy atom. The maximum atomic E-state index is 12.1. The van der Waals surface area contributed by atoms with E-state index >= 15 is 0 Å². The van der Waals surface area contributed by atoms with Gasteiger partial charge in [0.1, 0.15) is 5.75 Å². The van der Waals surface area contributed by atoms with Gasteiger partial charge in [0.05, 0.1) is 7.11 Å². The zero-order valence-electron chi connectivity index (χ0n) is 13.4. The molecule has 3 aromatic rings. The monoisotopic (exact) mass is 308 g/mol. The number of aromatic nitrogens is 1. The van der Waals surface area contributed by atoms with Crippen molar-refractivity contribution in [3.05, 3.63) is 60.3 Å². The van der Waals surface area contributed by atoms with Crippen molar-refractivity contribution in [2.75, 3.05) is 12.4 Å². The van der Waals surface area contributed by atoms with Crippen molar-refractivity contribution in [2.24, 2.45) is 7.05 Å². The summed E-state index contributed by atoms with van der Waals surface area (Å²) >= 11 is 0. The van der Waals surface area contributed by atoms with Crippen LogP contribution in [0.15, 0.2) is 54.7 Å². The zero-order valence-corrected chi connectivity index (χ0v) is 13.4. The highest BCUT2D eigenvalue weighted by Crippen LogP contribution is 2.19. The third kappa shape index (κ3) is 3.54. The van der Waals surface area contributed by atoms with Crippen LogP contribution in [0.4, 0.5) is 5.69 Å². The van der Waals surface area contributed by atoms with Crippen LogP contribution in [-0.4, -0.2) is 17.6 Å². The van der Waals surface area contributed by atoms with E-state index in [0.717, 1.165) is 17.9 Å². The molecule has 1 aromatic heterocycles. The van der Waals surface area contributed by atoms with Crippen LogP contribution in [0, 0.1) is 0 Å². The van der Waals surface area contributed by atoms with Crippen molar-refractivity contribution in [1.82, 2.24) is 4.57 Å². The average molecular weight is 308 g/mol. The Balaban J connectivity index is 1.61. The highest BCUT2D eigenvalue weighted by molar-refractivity contribution is 5.91. The van der Waals surface area contributed by atoms with E-state index in [-0.39, 0.29) is 5.91 Å². The van der Waals surface area contributed by atoms with Gasteiger partial charge < -0.3 is 14.6 Å². The molecule has 0 aliphatic carbocycles. The van der Waals surface area contributed by atoms with Crippen molar-refractivity contribution >= 4 is 22.5 Å². The van der Waals surface area contributed by atoms with Gasteiger partial charge in [-0.25, -0.2) is 0 Å². The minimum absolute atomic E-state index is 0.00594. The first-order valence-electron chi connectivity index (χ1n) is 7.63. The predicted octanol–water partition coefficient (Wildman–Crippen LogP) is 3.76. The van der Waals surface area contributed by atoms with Crippen molar-refractivity contribution in [3.8, 4) is 5.75 Å². The molecule has 1 N–H and O–H groups in total. The van der Waals surface area contributed by atoms with Gasteiger partial charge in [-0.15, -0.1) is 0 Å². The third-order valence-corrected chi connectivity index (χ3v) is 3.94. The van der Waals surface area contributed by atoms with Gasteiger partial charge in [0.25, 0.3) is 0 Å². The van der Waals surface area contributed by atoms with Crippen LogP contribution in [0.3, 0.4) is 0 Å². The topological polar surface area (TPSA) is 43.3 Å². The number of carbonyl (C=O) groups is 1. The molecule has 0 atom stereocenters. The maximum absolute atomic E-state index is 12.1. The first-order chi connectivity index (χ1) is 11.2. The Hall–Kier alpha value is -2.75. The molecule has 0 unspecified atom stereocenters. The highest BCUT2D eigenvalue weighted by Gasteiger charge is 2.05. The number of ether oxygens (including phenoxy) is 1. The van der Waals surface area contributed by atoms with Crippen LogP contribution in [0.1, 0.15) is 12.0 Å². The van der Waals surface area contributed by atoms with E-state index in [1.54, 1.807) is 7.11 Å². The average Bonchev–Trinajstić information content (AvgIpc) is 2.94. The van der Waals surface area contributed by atoms with Gasteiger partial charge in [-0.1, -0.05) is 12.1 Å². The Morgan fingerprint density at radius 2 is 2.04 bits per heavy atom. The number of benzene rings is 2. The predicted molar refractivity (Wildman–Crippen MR) is 92.9 cm³/mol. The number of amides is 1. The van der Waals surface area contributed by atoms with Crippen LogP contribution < -0.4 is 10.1 Å². The molecule has 1 heterocycles. The summed E-state index contributed by atoms with van der Waals surface area (Å²) in [7, 11) is 3.64. The molecule has 0 spiro atoms. The second kappa shape index (κ2) is 6.57. The molecule has 0 saturated heterocycles. The fourth-order valence-electron chi connectivity index (χ4n) is 2.67. The summed E-state index contributed by atoms with van der Waals surface area (Å²) < 4.78 is 7.25. The lowest BCUT2D eigenvalue weighted by Crippen LogP contribution is -2.12. The van der Waals surface area contributed by atoms with E-state index in [4.69, 9.17) is 4.74 Å². The van der Waals surface area contributed by atoms with E-state index in [0.29, 0.717) is 6.42 Å². The summed E-state index contributed by atoms with van der Waals surface area (Å²) in [6, 6.07) is 15.8. The molecular formula is C19H20N2O2. The third-order valence-electron chi connectivity index (χ3n) is 3.94. The summed E-state index contributed by atoms with van der Waals surface area (Å²) in [4.78, 5) is 12.1. The van der Waals surface area contributed by atoms with Crippen molar-refractivity contribution in [2.45, 2.75) is 12.8 Å². The van der Waals surface area contributed by atoms with Gasteiger partial charge in [-0.3, -0.25) is 4.79 Å². The molecule has 1 amide bonds. The van der Waals surface area contributed by atoms with Crippen molar-refractivity contribution in [1.29, 1.82) is 0 Å². The molecule has 3 rings (SSSR count). The number of rotatable bonds is 5. The molecule has 0 radical (unpaired) electrons. The summed E-state index contributed by atoms with van der Waals surface area (Å²) in [6.07, 6.45) is 3.22. The van der Waals surface area contributed by atoms with Gasteiger partial charge in [-0.2, -0.15) is 0 Å². The SMILES string of the molecule is COc1cccc(NC(=O)CCc2ccc3c(ccn3C)c2)c1. The standard InChI is InChI=1S/C19H20N2O2/c1-21-11-10-15-12-14(6-8-18(15)21)7-9-19(22)20-16-4-3-5-17(13-16)23-2/h3-6,8,10-13H,7,9H2,1-2H3,(H,20,22). The largest absolute Gasteiger partial charge is 0.497 e. The lowest BCUT2D eigenvalue weighted by Gasteiger charge is -2.07. The first-order valence-corrected chi connectivity index (χ1v) is 7.63. The Bertz CT molecular complexity index is 836. The van der Waals surface area contributed by atoms with Gasteiger partial charge in [0, 0.05) is 36.9 Å². The zero-order chi connectivity index (χ0) is 16.2. The Morgan fingerprint density at radius 1 is 1.17 bits per heavy atom. The van der Waals surface area contributed by atoms with E-state index in [9.17, 15) is 4.79 Å². The second-order valence-corrected chi connectivity index (χ2v) is 5.60. The van der Waals surface area contributed by atoms with Crippen LogP contribution in [0.2, 0.25) is 0 Å². The quantitative estimate of drug-likeness (QED) is 0.780. The molecule has 23 heavy (non-hydrogen) atoms. The maximum Gasteiger partial charge on any atom is 0.224 e. The molecular weight excluding hydrogens is 288 g/mol. The molecule has 118 valence electrons. The number of nitrogens with one attached hydrogen (secondary N) is 1. The van der Waals surface area contributed by atoms with Crippen LogP contribution in [0.25, 0.3) is 10.9 Å². The Kier molecular flexibility index (Phi) is 4.33. The summed E-state index contributed by atoms with van der Waals surface area (Å²) in [5.41, 5.74) is 3.13. The number of aryl methyl sites for hydroxylation is 2. The summed E-state index contributed by atoms with van der Waals surface area (Å²) in [6.45, 7) is 0. The number of anilines is 1. The normalized spacial score (nSPS) is 10.7. The molecule has 0 fully saturated rings. The number of nitrogens with zero attached hydrogens (tertiary/aromatic N) is 1. The smallest absolute Gasteiger partial charge is 0.224 e. The van der Waals surface area contributed by atoms with Crippen LogP contribution in [0.5, 0.6) is 5.75 Å². The molecule has 4 heteroatoms. The lowest BCUT2D eigenvalue weighted by molar-refractivity contribution is -0.116. The van der Waals surface area contributed by atoms with E-state index in [1.807, 2.05) is 37.5 Å². The number of methoxy groups -OCH3 is 1. The summed E-state index contributed by atoms with van der Waals surface area (Å²) in [5, 5.41) is 4.11. The molecule has 0 aliphatic rings. The number of carbonyl (C=O) groups excluding carboxylic acids is 1. The highest BCUT2D eigenvalue weighted by atomic mass is 16.5. The van der Waals surface area contributed by atoms with E-state index in [1.165, 1.54) is 16.5 Å². The van der Waals surface area contributed by atoms with Crippen molar-refractivity contribution in [3.63, 3.8) is 0 Å². The molecule has 0 bridgehead atoms. The van der Waals surface area contributed by atoms with Gasteiger partial charge in [-0.05, 0) is 47.7 Å². The van der Waals surface area contributed by atoms with E-state index < -0.39 is 0 Å². The number of hydrogen-bond acceptors (Lipinski definition) is 2. The minimum Gasteiger partial charge on any atom is -0.497 e. The van der Waals surface area contributed by atoms with Crippen LogP contribution in [-0.2, 0) is 18.3 Å². The fourth-order valence-corrected chi connectivity index (χ4v) is 2.67. The van der Waals surface area contributed by atoms with Crippen molar-refractivity contribution < 1.29 is 9.53 Å². The fraction of sp³-hybridized carbons (Fsp3) is 0.211. The molecule has 0 aliphatic heterocycles. The minimum atomic E-state index is 0.00594. The van der Waals surface area contributed by atoms with E-state index in [2.05, 4.69) is 34.1 Å². The molecule has 2 aromatic carbocycles. The molecule has 0 saturated carbocycles. The lowest BCUT2D eigenvalue weighted by atomic mass is 10.1. The Labute approximate surface area is 135 Å². The van der Waals surface area contributed by atoms with Gasteiger partial charge in [0.2, 0.25) is 5.91 Å². The van der Waals surface area contributed by atoms with Crippen LogP contribution >= 0.6 is 0 Å². The van der Waals surface area contributed by atoms with Gasteiger partial charge in [0.15, 0.2) is 0 Å². The first kappa shape index (κ1) is 15.2.